The summed E-state index contributed by atoms with van der Waals surface area (Å²) in [7, 11) is 0. The number of para-hydroxylation sites is 1. The molecule has 0 saturated heterocycles. The van der Waals surface area contributed by atoms with E-state index in [2.05, 4.69) is 20.9 Å². The van der Waals surface area contributed by atoms with Crippen LogP contribution in [0, 0.1) is 0 Å². The molecule has 0 aliphatic carbocycles. The van der Waals surface area contributed by atoms with Crippen LogP contribution in [-0.4, -0.2) is 4.98 Å². The Morgan fingerprint density at radius 1 is 1.19 bits per heavy atom. The molecule has 0 spiro atoms. The van der Waals surface area contributed by atoms with Crippen LogP contribution in [0.2, 0.25) is 0 Å². The molecule has 0 aliphatic heterocycles. The van der Waals surface area contributed by atoms with Crippen molar-refractivity contribution in [2.45, 2.75) is 6.61 Å². The molecule has 1 aromatic carbocycles. The van der Waals surface area contributed by atoms with Crippen molar-refractivity contribution in [1.82, 2.24) is 4.98 Å². The second kappa shape index (κ2) is 4.99. The number of aromatic nitrogens is 1. The lowest BCUT2D eigenvalue weighted by molar-refractivity contribution is 0.304. The number of ether oxygens (including phenoxy) is 1. The van der Waals surface area contributed by atoms with Crippen LogP contribution in [0.1, 0.15) is 5.56 Å². The number of hydrogen-bond donors (Lipinski definition) is 1. The van der Waals surface area contributed by atoms with Crippen LogP contribution < -0.4 is 10.5 Å². The van der Waals surface area contributed by atoms with Crippen molar-refractivity contribution >= 4 is 21.7 Å². The molecule has 82 valence electrons. The summed E-state index contributed by atoms with van der Waals surface area (Å²) in [5, 5.41) is 0. The molecular weight excluding hydrogens is 268 g/mol. The number of halogens is 1. The van der Waals surface area contributed by atoms with E-state index in [1.54, 1.807) is 12.3 Å². The normalized spacial score (nSPS) is 10.1. The zero-order chi connectivity index (χ0) is 11.4. The molecule has 0 bridgehead atoms. The molecule has 0 saturated carbocycles. The van der Waals surface area contributed by atoms with Gasteiger partial charge in [0.25, 0.3) is 0 Å². The fraction of sp³-hybridized carbons (Fsp3) is 0.0833. The smallest absolute Gasteiger partial charge is 0.133 e. The molecule has 0 radical (unpaired) electrons. The fourth-order valence-electron chi connectivity index (χ4n) is 1.24. The summed E-state index contributed by atoms with van der Waals surface area (Å²) < 4.78 is 6.58. The Bertz CT molecular complexity index is 471. The topological polar surface area (TPSA) is 48.1 Å². The summed E-state index contributed by atoms with van der Waals surface area (Å²) in [6, 6.07) is 11.4. The maximum absolute atomic E-state index is 5.64. The molecular formula is C12H11BrN2O. The van der Waals surface area contributed by atoms with Crippen LogP contribution in [0.5, 0.6) is 5.75 Å². The highest BCUT2D eigenvalue weighted by Gasteiger charge is 2.00. The summed E-state index contributed by atoms with van der Waals surface area (Å²) in [6.45, 7) is 0.482. The van der Waals surface area contributed by atoms with Crippen molar-refractivity contribution in [3.63, 3.8) is 0 Å². The van der Waals surface area contributed by atoms with Gasteiger partial charge in [0, 0.05) is 11.8 Å². The van der Waals surface area contributed by atoms with E-state index >= 15 is 0 Å². The standard InChI is InChI=1S/C12H11BrN2O/c13-10-3-1-2-4-11(10)16-8-9-5-6-12(14)15-7-9/h1-7H,8H2,(H2,14,15). The van der Waals surface area contributed by atoms with Gasteiger partial charge < -0.3 is 10.5 Å². The predicted octanol–water partition coefficient (Wildman–Crippen LogP) is 3.01. The lowest BCUT2D eigenvalue weighted by atomic mass is 10.3. The first-order valence-electron chi connectivity index (χ1n) is 4.83. The van der Waals surface area contributed by atoms with Crippen molar-refractivity contribution in [3.8, 4) is 5.75 Å². The van der Waals surface area contributed by atoms with Crippen LogP contribution in [0.15, 0.2) is 47.1 Å². The van der Waals surface area contributed by atoms with E-state index in [0.717, 1.165) is 15.8 Å². The number of nitrogens with two attached hydrogens (primary N) is 1. The summed E-state index contributed by atoms with van der Waals surface area (Å²) in [5.74, 6) is 1.34. The van der Waals surface area contributed by atoms with Gasteiger partial charge in [-0.05, 0) is 34.1 Å². The zero-order valence-corrected chi connectivity index (χ0v) is 10.1. The molecule has 2 aromatic rings. The molecule has 0 unspecified atom stereocenters. The average molecular weight is 279 g/mol. The highest BCUT2D eigenvalue weighted by molar-refractivity contribution is 9.10. The van der Waals surface area contributed by atoms with E-state index in [4.69, 9.17) is 10.5 Å². The predicted molar refractivity (Wildman–Crippen MR) is 67.1 cm³/mol. The number of pyridine rings is 1. The van der Waals surface area contributed by atoms with Gasteiger partial charge in [-0.3, -0.25) is 0 Å². The molecule has 0 aliphatic rings. The third kappa shape index (κ3) is 2.73. The first kappa shape index (κ1) is 11.0. The zero-order valence-electron chi connectivity index (χ0n) is 8.56. The number of anilines is 1. The number of nitrogen functional groups attached to an aromatic ring is 1. The molecule has 2 rings (SSSR count). The molecule has 16 heavy (non-hydrogen) atoms. The van der Waals surface area contributed by atoms with E-state index in [9.17, 15) is 0 Å². The average Bonchev–Trinajstić information content (AvgIpc) is 2.30. The molecule has 4 heteroatoms. The van der Waals surface area contributed by atoms with Crippen LogP contribution in [0.3, 0.4) is 0 Å². The Morgan fingerprint density at radius 3 is 2.69 bits per heavy atom. The largest absolute Gasteiger partial charge is 0.488 e. The van der Waals surface area contributed by atoms with Crippen molar-refractivity contribution in [2.75, 3.05) is 5.73 Å². The number of benzene rings is 1. The molecule has 1 aromatic heterocycles. The van der Waals surface area contributed by atoms with E-state index in [1.165, 1.54) is 0 Å². The summed E-state index contributed by atoms with van der Waals surface area (Å²) in [4.78, 5) is 4.00. The minimum Gasteiger partial charge on any atom is -0.488 e. The molecule has 0 fully saturated rings. The van der Waals surface area contributed by atoms with E-state index < -0.39 is 0 Å². The van der Waals surface area contributed by atoms with Gasteiger partial charge >= 0.3 is 0 Å². The van der Waals surface area contributed by atoms with E-state index in [-0.39, 0.29) is 0 Å². The Kier molecular flexibility index (Phi) is 3.41. The summed E-state index contributed by atoms with van der Waals surface area (Å²) in [5.41, 5.74) is 6.49. The van der Waals surface area contributed by atoms with Gasteiger partial charge in [-0.1, -0.05) is 18.2 Å². The Balaban J connectivity index is 2.02. The monoisotopic (exact) mass is 278 g/mol. The summed E-state index contributed by atoms with van der Waals surface area (Å²) in [6.07, 6.45) is 1.71. The van der Waals surface area contributed by atoms with Crippen LogP contribution in [-0.2, 0) is 6.61 Å². The molecule has 0 atom stereocenters. The van der Waals surface area contributed by atoms with Crippen LogP contribution >= 0.6 is 15.9 Å². The van der Waals surface area contributed by atoms with Gasteiger partial charge in [0.15, 0.2) is 0 Å². The second-order valence-electron chi connectivity index (χ2n) is 3.31. The Hall–Kier alpha value is -1.55. The second-order valence-corrected chi connectivity index (χ2v) is 4.16. The number of hydrogen-bond acceptors (Lipinski definition) is 3. The van der Waals surface area contributed by atoms with Crippen molar-refractivity contribution in [1.29, 1.82) is 0 Å². The lowest BCUT2D eigenvalue weighted by Crippen LogP contribution is -1.97. The van der Waals surface area contributed by atoms with Gasteiger partial charge in [0.05, 0.1) is 4.47 Å². The third-order valence-electron chi connectivity index (χ3n) is 2.08. The van der Waals surface area contributed by atoms with Crippen LogP contribution in [0.25, 0.3) is 0 Å². The first-order chi connectivity index (χ1) is 7.75. The SMILES string of the molecule is Nc1ccc(COc2ccccc2Br)cn1. The molecule has 0 amide bonds. The highest BCUT2D eigenvalue weighted by atomic mass is 79.9. The maximum atomic E-state index is 5.64. The van der Waals surface area contributed by atoms with Gasteiger partial charge in [0.1, 0.15) is 18.2 Å². The Labute approximate surface area is 102 Å². The number of nitrogens with zero attached hydrogens (tertiary/aromatic N) is 1. The van der Waals surface area contributed by atoms with E-state index in [1.807, 2.05) is 30.3 Å². The van der Waals surface area contributed by atoms with Crippen molar-refractivity contribution in [3.05, 3.63) is 52.6 Å². The quantitative estimate of drug-likeness (QED) is 0.939. The highest BCUT2D eigenvalue weighted by Crippen LogP contribution is 2.24. The number of rotatable bonds is 3. The fourth-order valence-corrected chi connectivity index (χ4v) is 1.64. The van der Waals surface area contributed by atoms with Gasteiger partial charge in [-0.2, -0.15) is 0 Å². The van der Waals surface area contributed by atoms with Crippen molar-refractivity contribution in [2.24, 2.45) is 0 Å². The maximum Gasteiger partial charge on any atom is 0.133 e. The van der Waals surface area contributed by atoms with Gasteiger partial charge in [-0.15, -0.1) is 0 Å². The third-order valence-corrected chi connectivity index (χ3v) is 2.73. The first-order valence-corrected chi connectivity index (χ1v) is 5.63. The molecule has 3 nitrogen and oxygen atoms in total. The van der Waals surface area contributed by atoms with Gasteiger partial charge in [0.2, 0.25) is 0 Å². The van der Waals surface area contributed by atoms with Gasteiger partial charge in [-0.25, -0.2) is 4.98 Å². The lowest BCUT2D eigenvalue weighted by Gasteiger charge is -2.07. The summed E-state index contributed by atoms with van der Waals surface area (Å²) >= 11 is 3.42. The molecule has 2 N–H and O–H groups in total. The molecule has 1 heterocycles. The van der Waals surface area contributed by atoms with E-state index in [0.29, 0.717) is 12.4 Å². The minimum atomic E-state index is 0.482. The Morgan fingerprint density at radius 2 is 2.00 bits per heavy atom. The van der Waals surface area contributed by atoms with Crippen molar-refractivity contribution < 1.29 is 4.74 Å². The van der Waals surface area contributed by atoms with Crippen LogP contribution in [0.4, 0.5) is 5.82 Å². The minimum absolute atomic E-state index is 0.482.